The predicted molar refractivity (Wildman–Crippen MR) is 125 cm³/mol. The van der Waals surface area contributed by atoms with Gasteiger partial charge in [0, 0.05) is 12.0 Å². The van der Waals surface area contributed by atoms with Crippen LogP contribution in [0.3, 0.4) is 0 Å². The predicted octanol–water partition coefficient (Wildman–Crippen LogP) is 5.58. The first-order valence-corrected chi connectivity index (χ1v) is 12.3. The fourth-order valence-corrected chi connectivity index (χ4v) is 7.98. The SMILES string of the molecule is O=C(O)C[C@@H](NC(=O)OCC1c2ccccc2-c2ccccc21)C12CC3CC(CC(C3)C1)C2. The van der Waals surface area contributed by atoms with Crippen molar-refractivity contribution in [2.24, 2.45) is 23.2 Å². The molecule has 1 atom stereocenters. The van der Waals surface area contributed by atoms with Crippen LogP contribution in [0.2, 0.25) is 0 Å². The van der Waals surface area contributed by atoms with Crippen LogP contribution >= 0.6 is 0 Å². The van der Waals surface area contributed by atoms with Gasteiger partial charge in [-0.05, 0) is 83.9 Å². The highest BCUT2D eigenvalue weighted by Crippen LogP contribution is 2.61. The van der Waals surface area contributed by atoms with Gasteiger partial charge in [-0.15, -0.1) is 0 Å². The van der Waals surface area contributed by atoms with Crippen molar-refractivity contribution < 1.29 is 19.4 Å². The molecule has 2 N–H and O–H groups in total. The maximum atomic E-state index is 13.0. The first-order valence-electron chi connectivity index (χ1n) is 12.3. The van der Waals surface area contributed by atoms with E-state index in [2.05, 4.69) is 29.6 Å². The number of hydrogen-bond acceptors (Lipinski definition) is 3. The monoisotopic (exact) mass is 445 g/mol. The molecule has 7 rings (SSSR count). The zero-order valence-electron chi connectivity index (χ0n) is 18.8. The number of benzene rings is 2. The van der Waals surface area contributed by atoms with E-state index in [0.717, 1.165) is 19.3 Å². The van der Waals surface area contributed by atoms with Gasteiger partial charge < -0.3 is 15.2 Å². The number of amides is 1. The Hall–Kier alpha value is -2.82. The molecule has 0 spiro atoms. The summed E-state index contributed by atoms with van der Waals surface area (Å²) in [4.78, 5) is 24.7. The van der Waals surface area contributed by atoms with Crippen molar-refractivity contribution in [1.82, 2.24) is 5.32 Å². The number of fused-ring (bicyclic) bond motifs is 3. The maximum absolute atomic E-state index is 13.0. The van der Waals surface area contributed by atoms with Crippen molar-refractivity contribution in [3.05, 3.63) is 59.7 Å². The van der Waals surface area contributed by atoms with Crippen LogP contribution in [-0.4, -0.2) is 29.8 Å². The van der Waals surface area contributed by atoms with Gasteiger partial charge in [0.25, 0.3) is 0 Å². The van der Waals surface area contributed by atoms with E-state index in [1.54, 1.807) is 0 Å². The highest BCUT2D eigenvalue weighted by Gasteiger charge is 2.55. The number of ether oxygens (including phenoxy) is 1. The summed E-state index contributed by atoms with van der Waals surface area (Å²) in [5.74, 6) is 1.22. The topological polar surface area (TPSA) is 75.6 Å². The quantitative estimate of drug-likeness (QED) is 0.608. The fraction of sp³-hybridized carbons (Fsp3) is 0.500. The molecule has 0 unspecified atom stereocenters. The summed E-state index contributed by atoms with van der Waals surface area (Å²) in [5, 5.41) is 12.7. The van der Waals surface area contributed by atoms with E-state index in [9.17, 15) is 14.7 Å². The van der Waals surface area contributed by atoms with Gasteiger partial charge in [0.15, 0.2) is 0 Å². The molecule has 0 saturated heterocycles. The van der Waals surface area contributed by atoms with E-state index in [-0.39, 0.29) is 30.4 Å². The maximum Gasteiger partial charge on any atom is 0.407 e. The molecule has 0 aromatic heterocycles. The minimum absolute atomic E-state index is 0.000577. The Bertz CT molecular complexity index is 1010. The van der Waals surface area contributed by atoms with Crippen molar-refractivity contribution in [2.45, 2.75) is 56.9 Å². The van der Waals surface area contributed by atoms with Crippen LogP contribution in [-0.2, 0) is 9.53 Å². The van der Waals surface area contributed by atoms with Crippen molar-refractivity contribution in [3.8, 4) is 11.1 Å². The summed E-state index contributed by atoms with van der Waals surface area (Å²) < 4.78 is 5.77. The second-order valence-electron chi connectivity index (χ2n) is 10.9. The highest BCUT2D eigenvalue weighted by atomic mass is 16.5. The lowest BCUT2D eigenvalue weighted by Gasteiger charge is -2.59. The van der Waals surface area contributed by atoms with Crippen molar-refractivity contribution in [3.63, 3.8) is 0 Å². The third kappa shape index (κ3) is 3.62. The van der Waals surface area contributed by atoms with Gasteiger partial charge >= 0.3 is 12.1 Å². The van der Waals surface area contributed by atoms with Crippen LogP contribution in [0.25, 0.3) is 11.1 Å². The number of carbonyl (C=O) groups is 2. The molecular formula is C28H31NO4. The molecule has 4 fully saturated rings. The number of carbonyl (C=O) groups excluding carboxylic acids is 1. The lowest BCUT2D eigenvalue weighted by Crippen LogP contribution is -2.57. The minimum Gasteiger partial charge on any atom is -0.481 e. The summed E-state index contributed by atoms with van der Waals surface area (Å²) in [5.41, 5.74) is 4.65. The van der Waals surface area contributed by atoms with Gasteiger partial charge in [-0.3, -0.25) is 4.79 Å². The normalized spacial score (nSPS) is 29.9. The largest absolute Gasteiger partial charge is 0.481 e. The first-order chi connectivity index (χ1) is 16.0. The van der Waals surface area contributed by atoms with Crippen LogP contribution in [0.15, 0.2) is 48.5 Å². The van der Waals surface area contributed by atoms with Gasteiger partial charge in [0.05, 0.1) is 6.42 Å². The van der Waals surface area contributed by atoms with E-state index in [4.69, 9.17) is 4.74 Å². The van der Waals surface area contributed by atoms with Gasteiger partial charge in [0.2, 0.25) is 0 Å². The fourth-order valence-electron chi connectivity index (χ4n) is 7.98. The number of carboxylic acid groups (broad SMARTS) is 1. The molecule has 2 aromatic carbocycles. The molecule has 33 heavy (non-hydrogen) atoms. The molecule has 0 heterocycles. The van der Waals surface area contributed by atoms with E-state index in [0.29, 0.717) is 17.8 Å². The zero-order valence-corrected chi connectivity index (χ0v) is 18.8. The van der Waals surface area contributed by atoms with Gasteiger partial charge in [-0.2, -0.15) is 0 Å². The number of carboxylic acids is 1. The molecule has 5 aliphatic carbocycles. The number of rotatable bonds is 6. The number of alkyl carbamates (subject to hydrolysis) is 1. The van der Waals surface area contributed by atoms with Crippen LogP contribution in [0.4, 0.5) is 4.79 Å². The average molecular weight is 446 g/mol. The Morgan fingerprint density at radius 3 is 1.94 bits per heavy atom. The molecule has 172 valence electrons. The molecule has 5 aliphatic rings. The molecule has 5 nitrogen and oxygen atoms in total. The lowest BCUT2D eigenvalue weighted by molar-refractivity contribution is -0.141. The summed E-state index contributed by atoms with van der Waals surface area (Å²) >= 11 is 0. The Balaban J connectivity index is 1.18. The number of nitrogens with one attached hydrogen (secondary N) is 1. The Labute approximate surface area is 194 Å². The first kappa shape index (κ1) is 20.8. The van der Waals surface area contributed by atoms with E-state index in [1.807, 2.05) is 24.3 Å². The third-order valence-electron chi connectivity index (χ3n) is 8.84. The molecule has 2 aromatic rings. The number of aliphatic carboxylic acids is 1. The van der Waals surface area contributed by atoms with Crippen molar-refractivity contribution in [1.29, 1.82) is 0 Å². The zero-order chi connectivity index (χ0) is 22.6. The standard InChI is InChI=1S/C28H31NO4/c30-26(31)12-25(28-13-17-9-18(14-28)11-19(10-17)15-28)29-27(32)33-16-24-22-7-3-1-5-20(22)21-6-2-4-8-23(21)24/h1-8,17-19,24-25H,9-16H2,(H,29,32)(H,30,31)/t17?,18?,19?,25-,28?/m1/s1. The van der Waals surface area contributed by atoms with Crippen LogP contribution in [0, 0.1) is 23.2 Å². The Morgan fingerprint density at radius 2 is 1.42 bits per heavy atom. The molecular weight excluding hydrogens is 414 g/mol. The van der Waals surface area contributed by atoms with Crippen LogP contribution < -0.4 is 5.32 Å². The van der Waals surface area contributed by atoms with E-state index >= 15 is 0 Å². The van der Waals surface area contributed by atoms with Gasteiger partial charge in [-0.1, -0.05) is 48.5 Å². The van der Waals surface area contributed by atoms with Crippen LogP contribution in [0.5, 0.6) is 0 Å². The van der Waals surface area contributed by atoms with Gasteiger partial charge in [-0.25, -0.2) is 4.79 Å². The smallest absolute Gasteiger partial charge is 0.407 e. The van der Waals surface area contributed by atoms with Crippen molar-refractivity contribution in [2.75, 3.05) is 6.61 Å². The molecule has 0 radical (unpaired) electrons. The van der Waals surface area contributed by atoms with Gasteiger partial charge in [0.1, 0.15) is 6.61 Å². The summed E-state index contributed by atoms with van der Waals surface area (Å²) in [6.45, 7) is 0.251. The molecule has 4 saturated carbocycles. The van der Waals surface area contributed by atoms with E-state index < -0.39 is 12.1 Å². The summed E-state index contributed by atoms with van der Waals surface area (Å²) in [7, 11) is 0. The Morgan fingerprint density at radius 1 is 0.909 bits per heavy atom. The molecule has 4 bridgehead atoms. The number of hydrogen-bond donors (Lipinski definition) is 2. The van der Waals surface area contributed by atoms with Crippen molar-refractivity contribution >= 4 is 12.1 Å². The van der Waals surface area contributed by atoms with Crippen LogP contribution in [0.1, 0.15) is 62.0 Å². The van der Waals surface area contributed by atoms with E-state index in [1.165, 1.54) is 41.5 Å². The molecule has 0 aliphatic heterocycles. The minimum atomic E-state index is -0.852. The second-order valence-corrected chi connectivity index (χ2v) is 10.9. The molecule has 5 heteroatoms. The average Bonchev–Trinajstić information content (AvgIpc) is 3.10. The summed E-state index contributed by atoms with van der Waals surface area (Å²) in [6, 6.07) is 16.2. The lowest BCUT2D eigenvalue weighted by atomic mass is 9.47. The second kappa shape index (κ2) is 7.89. The summed E-state index contributed by atoms with van der Waals surface area (Å²) in [6.07, 6.45) is 6.45. The molecule has 1 amide bonds. The third-order valence-corrected chi connectivity index (χ3v) is 8.84. The Kier molecular flexibility index (Phi) is 4.97. The highest BCUT2D eigenvalue weighted by molar-refractivity contribution is 5.79.